The first-order valence-corrected chi connectivity index (χ1v) is 9.24. The van der Waals surface area contributed by atoms with E-state index in [9.17, 15) is 9.18 Å². The summed E-state index contributed by atoms with van der Waals surface area (Å²) in [5.74, 6) is 1.32. The second kappa shape index (κ2) is 8.30. The molecule has 3 rings (SSSR count). The predicted molar refractivity (Wildman–Crippen MR) is 102 cm³/mol. The Balaban J connectivity index is 1.59. The van der Waals surface area contributed by atoms with E-state index in [2.05, 4.69) is 23.7 Å². The minimum Gasteiger partial charge on any atom is -0.353 e. The van der Waals surface area contributed by atoms with Crippen LogP contribution in [0.3, 0.4) is 0 Å². The Labute approximate surface area is 154 Å². The number of pyridine rings is 1. The van der Waals surface area contributed by atoms with Crippen molar-refractivity contribution in [3.05, 3.63) is 60.0 Å². The van der Waals surface area contributed by atoms with E-state index in [1.165, 1.54) is 12.1 Å². The summed E-state index contributed by atoms with van der Waals surface area (Å²) < 4.78 is 13.2. The molecule has 0 bridgehead atoms. The van der Waals surface area contributed by atoms with E-state index in [4.69, 9.17) is 0 Å². The van der Waals surface area contributed by atoms with Crippen molar-refractivity contribution in [2.75, 3.05) is 31.1 Å². The first-order valence-electron chi connectivity index (χ1n) is 9.24. The number of nitrogens with zero attached hydrogens (tertiary/aromatic N) is 3. The smallest absolute Gasteiger partial charge is 0.223 e. The van der Waals surface area contributed by atoms with Crippen LogP contribution in [-0.4, -0.2) is 42.0 Å². The second-order valence-electron chi connectivity index (χ2n) is 7.16. The van der Waals surface area contributed by atoms with E-state index >= 15 is 0 Å². The molecule has 1 fully saturated rings. The minimum atomic E-state index is -0.242. The molecule has 0 saturated carbocycles. The molecule has 0 N–H and O–H groups in total. The number of rotatable bonds is 5. The third-order valence-corrected chi connectivity index (χ3v) is 5.10. The molecule has 0 radical (unpaired) electrons. The molecule has 26 heavy (non-hydrogen) atoms. The highest BCUT2D eigenvalue weighted by atomic mass is 19.1. The summed E-state index contributed by atoms with van der Waals surface area (Å²) in [5, 5.41) is 0. The van der Waals surface area contributed by atoms with Gasteiger partial charge in [0.1, 0.15) is 11.6 Å². The third kappa shape index (κ3) is 4.40. The van der Waals surface area contributed by atoms with Crippen LogP contribution in [0, 0.1) is 11.7 Å². The largest absolute Gasteiger partial charge is 0.353 e. The van der Waals surface area contributed by atoms with Gasteiger partial charge in [0, 0.05) is 38.8 Å². The molecule has 1 atom stereocenters. The number of amides is 1. The van der Waals surface area contributed by atoms with Crippen LogP contribution in [0.4, 0.5) is 10.2 Å². The summed E-state index contributed by atoms with van der Waals surface area (Å²) in [6.45, 7) is 7.24. The lowest BCUT2D eigenvalue weighted by Crippen LogP contribution is -2.49. The zero-order valence-electron chi connectivity index (χ0n) is 15.4. The van der Waals surface area contributed by atoms with E-state index in [-0.39, 0.29) is 17.6 Å². The molecule has 2 heterocycles. The SMILES string of the molecule is CC(C)C(CC(=O)N1CCN(c2ccccn2)CC1)c1ccc(F)cc1. The average Bonchev–Trinajstić information content (AvgIpc) is 2.67. The van der Waals surface area contributed by atoms with E-state index in [1.807, 2.05) is 23.1 Å². The van der Waals surface area contributed by atoms with Crippen molar-refractivity contribution in [2.24, 2.45) is 5.92 Å². The van der Waals surface area contributed by atoms with Gasteiger partial charge in [0.2, 0.25) is 5.91 Å². The van der Waals surface area contributed by atoms with Crippen molar-refractivity contribution in [1.29, 1.82) is 0 Å². The molecular weight excluding hydrogens is 329 g/mol. The molecule has 0 aliphatic carbocycles. The molecule has 1 unspecified atom stereocenters. The summed E-state index contributed by atoms with van der Waals surface area (Å²) in [6, 6.07) is 12.4. The highest BCUT2D eigenvalue weighted by Gasteiger charge is 2.26. The maximum Gasteiger partial charge on any atom is 0.223 e. The number of hydrogen-bond acceptors (Lipinski definition) is 3. The lowest BCUT2D eigenvalue weighted by molar-refractivity contribution is -0.132. The number of piperazine rings is 1. The number of anilines is 1. The van der Waals surface area contributed by atoms with Crippen LogP contribution in [0.15, 0.2) is 48.7 Å². The van der Waals surface area contributed by atoms with E-state index in [1.54, 1.807) is 18.3 Å². The standard InChI is InChI=1S/C21H26FN3O/c1-16(2)19(17-6-8-18(22)9-7-17)15-21(26)25-13-11-24(12-14-25)20-5-3-4-10-23-20/h3-10,16,19H,11-15H2,1-2H3. The predicted octanol–water partition coefficient (Wildman–Crippen LogP) is 3.70. The highest BCUT2D eigenvalue weighted by molar-refractivity contribution is 5.77. The summed E-state index contributed by atoms with van der Waals surface area (Å²) in [4.78, 5) is 21.4. The van der Waals surface area contributed by atoms with Crippen LogP contribution in [0.25, 0.3) is 0 Å². The summed E-state index contributed by atoms with van der Waals surface area (Å²) >= 11 is 0. The Hall–Kier alpha value is -2.43. The van der Waals surface area contributed by atoms with Crippen LogP contribution < -0.4 is 4.90 Å². The molecule has 1 saturated heterocycles. The van der Waals surface area contributed by atoms with Gasteiger partial charge in [-0.1, -0.05) is 32.0 Å². The molecule has 4 nitrogen and oxygen atoms in total. The Bertz CT molecular complexity index is 710. The van der Waals surface area contributed by atoms with Gasteiger partial charge in [0.15, 0.2) is 0 Å². The van der Waals surface area contributed by atoms with Gasteiger partial charge in [-0.2, -0.15) is 0 Å². The first-order chi connectivity index (χ1) is 12.5. The number of halogens is 1. The van der Waals surface area contributed by atoms with Crippen molar-refractivity contribution in [3.63, 3.8) is 0 Å². The topological polar surface area (TPSA) is 36.4 Å². The number of carbonyl (C=O) groups excluding carboxylic acids is 1. The molecule has 1 aromatic carbocycles. The van der Waals surface area contributed by atoms with Crippen molar-refractivity contribution < 1.29 is 9.18 Å². The van der Waals surface area contributed by atoms with E-state index < -0.39 is 0 Å². The Kier molecular flexibility index (Phi) is 5.86. The van der Waals surface area contributed by atoms with Gasteiger partial charge in [-0.15, -0.1) is 0 Å². The maximum atomic E-state index is 13.2. The fourth-order valence-corrected chi connectivity index (χ4v) is 3.49. The first kappa shape index (κ1) is 18.4. The van der Waals surface area contributed by atoms with Crippen molar-refractivity contribution >= 4 is 11.7 Å². The number of hydrogen-bond donors (Lipinski definition) is 0. The van der Waals surface area contributed by atoms with Gasteiger partial charge in [-0.25, -0.2) is 9.37 Å². The van der Waals surface area contributed by atoms with Crippen LogP contribution in [0.5, 0.6) is 0 Å². The molecular formula is C21H26FN3O. The Morgan fingerprint density at radius 1 is 1.08 bits per heavy atom. The second-order valence-corrected chi connectivity index (χ2v) is 7.16. The molecule has 138 valence electrons. The zero-order chi connectivity index (χ0) is 18.5. The number of carbonyl (C=O) groups is 1. The molecule has 1 aliphatic heterocycles. The Morgan fingerprint density at radius 2 is 1.77 bits per heavy atom. The maximum absolute atomic E-state index is 13.2. The van der Waals surface area contributed by atoms with E-state index in [0.717, 1.165) is 24.5 Å². The molecule has 0 spiro atoms. The van der Waals surface area contributed by atoms with Crippen LogP contribution in [0.2, 0.25) is 0 Å². The van der Waals surface area contributed by atoms with Gasteiger partial charge in [-0.3, -0.25) is 4.79 Å². The Morgan fingerprint density at radius 3 is 2.35 bits per heavy atom. The zero-order valence-corrected chi connectivity index (χ0v) is 15.4. The molecule has 1 amide bonds. The normalized spacial score (nSPS) is 16.0. The summed E-state index contributed by atoms with van der Waals surface area (Å²) in [5.41, 5.74) is 1.03. The summed E-state index contributed by atoms with van der Waals surface area (Å²) in [7, 11) is 0. The van der Waals surface area contributed by atoms with Crippen molar-refractivity contribution in [1.82, 2.24) is 9.88 Å². The van der Waals surface area contributed by atoms with Crippen molar-refractivity contribution in [2.45, 2.75) is 26.2 Å². The average molecular weight is 355 g/mol. The van der Waals surface area contributed by atoms with Crippen LogP contribution >= 0.6 is 0 Å². The summed E-state index contributed by atoms with van der Waals surface area (Å²) in [6.07, 6.45) is 2.26. The van der Waals surface area contributed by atoms with Crippen molar-refractivity contribution in [3.8, 4) is 0 Å². The monoisotopic (exact) mass is 355 g/mol. The van der Waals surface area contributed by atoms with Gasteiger partial charge in [0.05, 0.1) is 0 Å². The van der Waals surface area contributed by atoms with Gasteiger partial charge in [-0.05, 0) is 41.7 Å². The lowest BCUT2D eigenvalue weighted by atomic mass is 9.85. The highest BCUT2D eigenvalue weighted by Crippen LogP contribution is 2.29. The fourth-order valence-electron chi connectivity index (χ4n) is 3.49. The lowest BCUT2D eigenvalue weighted by Gasteiger charge is -2.36. The molecule has 1 aliphatic rings. The van der Waals surface area contributed by atoms with Gasteiger partial charge >= 0.3 is 0 Å². The molecule has 2 aromatic rings. The van der Waals surface area contributed by atoms with Crippen LogP contribution in [-0.2, 0) is 4.79 Å². The van der Waals surface area contributed by atoms with Gasteiger partial charge < -0.3 is 9.80 Å². The van der Waals surface area contributed by atoms with E-state index in [0.29, 0.717) is 25.4 Å². The fraction of sp³-hybridized carbons (Fsp3) is 0.429. The van der Waals surface area contributed by atoms with Gasteiger partial charge in [0.25, 0.3) is 0 Å². The molecule has 5 heteroatoms. The van der Waals surface area contributed by atoms with Crippen LogP contribution in [0.1, 0.15) is 31.7 Å². The molecule has 1 aromatic heterocycles. The number of aromatic nitrogens is 1. The minimum absolute atomic E-state index is 0.108. The third-order valence-electron chi connectivity index (χ3n) is 5.10. The quantitative estimate of drug-likeness (QED) is 0.821. The number of benzene rings is 1.